The zero-order valence-corrected chi connectivity index (χ0v) is 35.0. The molecule has 0 rings (SSSR count). The molecule has 6 nitrogen and oxygen atoms in total. The van der Waals surface area contributed by atoms with Crippen LogP contribution in [-0.2, 0) is 19.1 Å². The van der Waals surface area contributed by atoms with Gasteiger partial charge in [0.2, 0.25) is 0 Å². The van der Waals surface area contributed by atoms with Crippen molar-refractivity contribution in [2.45, 2.75) is 239 Å². The van der Waals surface area contributed by atoms with E-state index in [0.29, 0.717) is 19.4 Å². The molecule has 51 heavy (non-hydrogen) atoms. The van der Waals surface area contributed by atoms with Gasteiger partial charge in [-0.05, 0) is 70.6 Å². The van der Waals surface area contributed by atoms with Gasteiger partial charge in [-0.25, -0.2) is 0 Å². The first-order chi connectivity index (χ1) is 24.9. The summed E-state index contributed by atoms with van der Waals surface area (Å²) in [5.74, 6) is -0.0344. The van der Waals surface area contributed by atoms with E-state index >= 15 is 0 Å². The first-order valence-electron chi connectivity index (χ1n) is 22.7. The van der Waals surface area contributed by atoms with E-state index in [1.54, 1.807) is 0 Å². The number of likely N-dealkylation sites (N-methyl/N-ethyl adjacent to an activating group) is 1. The second-order valence-corrected chi connectivity index (χ2v) is 16.1. The Morgan fingerprint density at radius 2 is 0.843 bits per heavy atom. The van der Waals surface area contributed by atoms with Crippen molar-refractivity contribution in [2.24, 2.45) is 0 Å². The highest BCUT2D eigenvalue weighted by molar-refractivity contribution is 5.69. The molecule has 0 spiro atoms. The van der Waals surface area contributed by atoms with Gasteiger partial charge in [0.05, 0.1) is 33.4 Å². The quantitative estimate of drug-likeness (QED) is 0.0386. The van der Waals surface area contributed by atoms with Crippen molar-refractivity contribution in [3.05, 3.63) is 0 Å². The summed E-state index contributed by atoms with van der Waals surface area (Å²) in [5, 5.41) is 9.72. The predicted octanol–water partition coefficient (Wildman–Crippen LogP) is 12.8. The first kappa shape index (κ1) is 49.9. The van der Waals surface area contributed by atoms with Gasteiger partial charge in [-0.2, -0.15) is 0 Å². The number of nitrogens with zero attached hydrogens (tertiary/aromatic N) is 1. The van der Waals surface area contributed by atoms with Crippen LogP contribution in [0.1, 0.15) is 233 Å². The van der Waals surface area contributed by atoms with E-state index in [4.69, 9.17) is 9.47 Å². The molecule has 0 aromatic rings. The Hall–Kier alpha value is -1.14. The Kier molecular flexibility index (Phi) is 37.7. The van der Waals surface area contributed by atoms with E-state index < -0.39 is 0 Å². The highest BCUT2D eigenvalue weighted by atomic mass is 16.5. The van der Waals surface area contributed by atoms with Gasteiger partial charge in [-0.1, -0.05) is 149 Å². The normalized spacial score (nSPS) is 12.7. The summed E-state index contributed by atoms with van der Waals surface area (Å²) in [6, 6.07) is 0. The van der Waals surface area contributed by atoms with Crippen LogP contribution >= 0.6 is 0 Å². The van der Waals surface area contributed by atoms with Crippen LogP contribution in [0.2, 0.25) is 0 Å². The summed E-state index contributed by atoms with van der Waals surface area (Å²) in [5.41, 5.74) is 0. The smallest absolute Gasteiger partial charge is 0.306 e. The Bertz CT molecular complexity index is 730. The molecule has 0 aromatic carbocycles. The fraction of sp³-hybridized carbons (Fsp3) is 0.956. The Morgan fingerprint density at radius 1 is 0.471 bits per heavy atom. The third-order valence-electron chi connectivity index (χ3n) is 10.9. The van der Waals surface area contributed by atoms with Crippen molar-refractivity contribution in [1.29, 1.82) is 0 Å². The lowest BCUT2D eigenvalue weighted by Gasteiger charge is -2.34. The molecule has 0 saturated heterocycles. The number of unbranched alkanes of at least 4 members (excludes halogenated alkanes) is 24. The Labute approximate surface area is 318 Å². The van der Waals surface area contributed by atoms with Crippen LogP contribution in [0.4, 0.5) is 0 Å². The van der Waals surface area contributed by atoms with Gasteiger partial charge in [-0.15, -0.1) is 0 Å². The first-order valence-corrected chi connectivity index (χ1v) is 22.7. The van der Waals surface area contributed by atoms with Crippen molar-refractivity contribution in [2.75, 3.05) is 39.9 Å². The number of carbonyl (C=O) groups excluding carboxylic acids is 2. The van der Waals surface area contributed by atoms with Crippen LogP contribution in [0.3, 0.4) is 0 Å². The van der Waals surface area contributed by atoms with Gasteiger partial charge in [0.25, 0.3) is 0 Å². The summed E-state index contributed by atoms with van der Waals surface area (Å²) < 4.78 is 12.4. The minimum Gasteiger partial charge on any atom is -0.466 e. The van der Waals surface area contributed by atoms with Crippen LogP contribution in [0, 0.1) is 0 Å². The number of carbonyl (C=O) groups is 2. The lowest BCUT2D eigenvalue weighted by Crippen LogP contribution is -2.47. The van der Waals surface area contributed by atoms with E-state index in [1.165, 1.54) is 122 Å². The van der Waals surface area contributed by atoms with Crippen LogP contribution in [0.5, 0.6) is 0 Å². The lowest BCUT2D eigenvalue weighted by atomic mass is 10.0. The fourth-order valence-electron chi connectivity index (χ4n) is 7.29. The topological polar surface area (TPSA) is 72.8 Å². The summed E-state index contributed by atoms with van der Waals surface area (Å²) >= 11 is 0. The lowest BCUT2D eigenvalue weighted by molar-refractivity contribution is -0.910. The predicted molar refractivity (Wildman–Crippen MR) is 218 cm³/mol. The molecule has 6 heteroatoms. The standard InChI is InChI=1S/C45H90NO5/c1-5-8-11-14-17-18-19-25-33-42-50-44(48)36-30-26-32-39-46(4,40-41-47)38-31-24-20-23-29-37-45(49)51-43(34-27-21-15-12-9-6-2)35-28-22-16-13-10-7-3/h43,47H,5-42H2,1-4H3/q+1. The minimum absolute atomic E-state index is 0.0104. The van der Waals surface area contributed by atoms with Crippen LogP contribution in [0.15, 0.2) is 0 Å². The molecule has 0 saturated carbocycles. The third kappa shape index (κ3) is 35.6. The van der Waals surface area contributed by atoms with E-state index in [1.807, 2.05) is 0 Å². The zero-order chi connectivity index (χ0) is 37.5. The monoisotopic (exact) mass is 725 g/mol. The van der Waals surface area contributed by atoms with E-state index in [0.717, 1.165) is 101 Å². The van der Waals surface area contributed by atoms with Crippen LogP contribution in [0.25, 0.3) is 0 Å². The molecule has 1 N–H and O–H groups in total. The number of hydrogen-bond donors (Lipinski definition) is 1. The Balaban J connectivity index is 4.08. The number of aliphatic hydroxyl groups excluding tert-OH is 1. The SMILES string of the molecule is CCCCCCCCCCCOC(=O)CCCCC[N+](C)(CCO)CCCCCCCC(=O)OC(CCCCCCCC)CCCCCCCC. The number of rotatable bonds is 41. The summed E-state index contributed by atoms with van der Waals surface area (Å²) in [6.45, 7) is 10.5. The maximum atomic E-state index is 12.7. The molecule has 304 valence electrons. The van der Waals surface area contributed by atoms with Crippen LogP contribution in [-0.4, -0.2) is 67.5 Å². The Morgan fingerprint density at radius 3 is 1.31 bits per heavy atom. The average molecular weight is 725 g/mol. The van der Waals surface area contributed by atoms with Gasteiger partial charge in [0.15, 0.2) is 0 Å². The van der Waals surface area contributed by atoms with Crippen molar-refractivity contribution in [3.8, 4) is 0 Å². The fourth-order valence-corrected chi connectivity index (χ4v) is 7.29. The number of esters is 2. The highest BCUT2D eigenvalue weighted by Crippen LogP contribution is 2.19. The number of hydrogen-bond acceptors (Lipinski definition) is 5. The molecule has 0 bridgehead atoms. The number of aliphatic hydroxyl groups is 1. The molecule has 0 heterocycles. The van der Waals surface area contributed by atoms with E-state index in [9.17, 15) is 14.7 Å². The molecule has 0 fully saturated rings. The molecule has 0 aliphatic heterocycles. The third-order valence-corrected chi connectivity index (χ3v) is 10.9. The molecule has 0 aliphatic rings. The summed E-state index contributed by atoms with van der Waals surface area (Å²) in [7, 11) is 2.26. The van der Waals surface area contributed by atoms with Crippen LogP contribution < -0.4 is 0 Å². The zero-order valence-electron chi connectivity index (χ0n) is 35.0. The largest absolute Gasteiger partial charge is 0.466 e. The second-order valence-electron chi connectivity index (χ2n) is 16.1. The van der Waals surface area contributed by atoms with Gasteiger partial charge < -0.3 is 19.1 Å². The van der Waals surface area contributed by atoms with Crippen molar-refractivity contribution < 1.29 is 28.7 Å². The highest BCUT2D eigenvalue weighted by Gasteiger charge is 2.20. The van der Waals surface area contributed by atoms with E-state index in [2.05, 4.69) is 27.8 Å². The molecule has 0 amide bonds. The summed E-state index contributed by atoms with van der Waals surface area (Å²) in [4.78, 5) is 24.9. The summed E-state index contributed by atoms with van der Waals surface area (Å²) in [6.07, 6.45) is 38.5. The molecule has 0 aromatic heterocycles. The van der Waals surface area contributed by atoms with Crippen molar-refractivity contribution in [3.63, 3.8) is 0 Å². The van der Waals surface area contributed by atoms with Gasteiger partial charge in [-0.3, -0.25) is 9.59 Å². The molecule has 1 atom stereocenters. The molecule has 0 aliphatic carbocycles. The van der Waals surface area contributed by atoms with Crippen molar-refractivity contribution >= 4 is 11.9 Å². The number of ether oxygens (including phenoxy) is 2. The van der Waals surface area contributed by atoms with Crippen molar-refractivity contribution in [1.82, 2.24) is 0 Å². The molecular weight excluding hydrogens is 634 g/mol. The number of quaternary nitrogens is 1. The van der Waals surface area contributed by atoms with Gasteiger partial charge in [0, 0.05) is 12.8 Å². The second kappa shape index (κ2) is 38.6. The van der Waals surface area contributed by atoms with Gasteiger partial charge in [0.1, 0.15) is 12.6 Å². The molecular formula is C45H90NO5+. The molecule has 0 radical (unpaired) electrons. The van der Waals surface area contributed by atoms with Gasteiger partial charge >= 0.3 is 11.9 Å². The molecule has 1 unspecified atom stereocenters. The average Bonchev–Trinajstić information content (AvgIpc) is 3.11. The maximum Gasteiger partial charge on any atom is 0.306 e. The maximum absolute atomic E-state index is 12.7. The minimum atomic E-state index is -0.0448. The van der Waals surface area contributed by atoms with E-state index in [-0.39, 0.29) is 24.6 Å².